The molecular weight excluding hydrogens is 547 g/mol. The molecule has 1 aliphatic carbocycles. The zero-order chi connectivity index (χ0) is 27.1. The van der Waals surface area contributed by atoms with Crippen LogP contribution in [-0.4, -0.2) is 74.2 Å². The molecule has 0 fully saturated rings. The lowest BCUT2D eigenvalue weighted by Gasteiger charge is -2.17. The zero-order valence-corrected chi connectivity index (χ0v) is 25.7. The summed E-state index contributed by atoms with van der Waals surface area (Å²) in [4.78, 5) is 30.4. The molecule has 0 aliphatic heterocycles. The molecule has 0 radical (unpaired) electrons. The van der Waals surface area contributed by atoms with Gasteiger partial charge in [0, 0.05) is 13.1 Å². The van der Waals surface area contributed by atoms with Crippen molar-refractivity contribution in [2.24, 2.45) is 0 Å². The molecule has 6 nitrogen and oxygen atoms in total. The Bertz CT molecular complexity index is 1290. The largest absolute Gasteiger partial charge is 0.462 e. The number of nitrogens with zero attached hydrogens (tertiary/aromatic N) is 2. The molecule has 0 aromatic heterocycles. The molecule has 0 atom stereocenters. The van der Waals surface area contributed by atoms with Crippen molar-refractivity contribution in [3.8, 4) is 22.3 Å². The Labute approximate surface area is 250 Å². The van der Waals surface area contributed by atoms with Gasteiger partial charge in [-0.15, -0.1) is 24.8 Å². The molecule has 40 heavy (non-hydrogen) atoms. The van der Waals surface area contributed by atoms with E-state index in [-0.39, 0.29) is 36.8 Å². The van der Waals surface area contributed by atoms with Gasteiger partial charge in [0.1, 0.15) is 0 Å². The number of ether oxygens (including phenoxy) is 2. The molecule has 3 aromatic carbocycles. The minimum atomic E-state index is -0.301. The number of halogens is 2. The molecule has 3 aromatic rings. The van der Waals surface area contributed by atoms with Crippen LogP contribution in [0.25, 0.3) is 33.0 Å². The molecule has 0 amide bonds. The Morgan fingerprint density at radius 3 is 1.80 bits per heavy atom. The third-order valence-corrected chi connectivity index (χ3v) is 7.59. The minimum Gasteiger partial charge on any atom is -0.462 e. The van der Waals surface area contributed by atoms with Crippen LogP contribution in [0.15, 0.2) is 48.5 Å². The average molecular weight is 590 g/mol. The van der Waals surface area contributed by atoms with Crippen molar-refractivity contribution in [1.29, 1.82) is 0 Å². The number of hydrogen-bond acceptors (Lipinski definition) is 6. The number of esters is 2. The van der Waals surface area contributed by atoms with E-state index in [2.05, 4.69) is 43.6 Å². The first-order chi connectivity index (χ1) is 18.5. The lowest BCUT2D eigenvalue weighted by atomic mass is 9.98. The standard InChI is InChI=1S/C32H40N2O4.2ClH/c1-5-33(6-2)18-10-20-37-31(35)23-14-15-24-25-12-9-13-26-28(17-16-27(30(25)26)29(24)22-23)32(36)38-21-11-19-34(7-3)8-4;;/h9,12-17,22H,5-8,10-11,18-21H2,1-4H3;2*1H. The van der Waals surface area contributed by atoms with Gasteiger partial charge in [0.15, 0.2) is 0 Å². The van der Waals surface area contributed by atoms with Crippen LogP contribution in [-0.2, 0) is 9.47 Å². The van der Waals surface area contributed by atoms with Gasteiger partial charge in [-0.1, -0.05) is 58.0 Å². The van der Waals surface area contributed by atoms with Gasteiger partial charge in [-0.25, -0.2) is 9.59 Å². The molecule has 0 heterocycles. The highest BCUT2D eigenvalue weighted by Gasteiger charge is 2.25. The Hall–Kier alpha value is -2.64. The molecule has 218 valence electrons. The Morgan fingerprint density at radius 2 is 1.20 bits per heavy atom. The predicted molar refractivity (Wildman–Crippen MR) is 168 cm³/mol. The second-order valence-electron chi connectivity index (χ2n) is 9.68. The van der Waals surface area contributed by atoms with E-state index in [0.29, 0.717) is 24.3 Å². The van der Waals surface area contributed by atoms with Gasteiger partial charge in [0.25, 0.3) is 0 Å². The topological polar surface area (TPSA) is 59.1 Å². The van der Waals surface area contributed by atoms with E-state index in [1.165, 1.54) is 0 Å². The van der Waals surface area contributed by atoms with Crippen LogP contribution in [0, 0.1) is 0 Å². The van der Waals surface area contributed by atoms with Crippen LogP contribution in [0.5, 0.6) is 0 Å². The highest BCUT2D eigenvalue weighted by Crippen LogP contribution is 2.48. The molecule has 0 saturated carbocycles. The molecule has 8 heteroatoms. The number of fused-ring (bicyclic) bond motifs is 3. The molecule has 4 rings (SSSR count). The fourth-order valence-corrected chi connectivity index (χ4v) is 5.31. The van der Waals surface area contributed by atoms with Crippen LogP contribution in [0.2, 0.25) is 0 Å². The first-order valence-corrected chi connectivity index (χ1v) is 14.0. The second kappa shape index (κ2) is 16.0. The molecule has 0 bridgehead atoms. The first-order valence-electron chi connectivity index (χ1n) is 14.0. The maximum atomic E-state index is 13.0. The summed E-state index contributed by atoms with van der Waals surface area (Å²) in [5.74, 6) is -0.595. The van der Waals surface area contributed by atoms with Crippen LogP contribution in [0.1, 0.15) is 61.3 Å². The maximum absolute atomic E-state index is 13.0. The summed E-state index contributed by atoms with van der Waals surface area (Å²) in [6.45, 7) is 15.2. The normalized spacial score (nSPS) is 11.2. The Balaban J connectivity index is 0.00000280. The molecule has 0 spiro atoms. The van der Waals surface area contributed by atoms with Gasteiger partial charge >= 0.3 is 11.9 Å². The van der Waals surface area contributed by atoms with E-state index >= 15 is 0 Å². The van der Waals surface area contributed by atoms with E-state index in [0.717, 1.165) is 85.1 Å². The van der Waals surface area contributed by atoms with E-state index in [9.17, 15) is 9.59 Å². The van der Waals surface area contributed by atoms with Crippen LogP contribution < -0.4 is 0 Å². The Kier molecular flexibility index (Phi) is 13.4. The summed E-state index contributed by atoms with van der Waals surface area (Å²) in [6.07, 6.45) is 1.63. The van der Waals surface area contributed by atoms with Crippen molar-refractivity contribution in [1.82, 2.24) is 9.80 Å². The monoisotopic (exact) mass is 588 g/mol. The minimum absolute atomic E-state index is 0. The molecule has 0 unspecified atom stereocenters. The summed E-state index contributed by atoms with van der Waals surface area (Å²) in [5.41, 5.74) is 5.28. The van der Waals surface area contributed by atoms with E-state index in [1.807, 2.05) is 42.5 Å². The lowest BCUT2D eigenvalue weighted by Crippen LogP contribution is -2.25. The second-order valence-corrected chi connectivity index (χ2v) is 9.68. The van der Waals surface area contributed by atoms with E-state index in [4.69, 9.17) is 9.47 Å². The SMILES string of the molecule is CCN(CC)CCCOC(=O)c1ccc2c(c1)-c1ccc(C(=O)OCCCN(CC)CC)c3cccc-2c13.Cl.Cl. The van der Waals surface area contributed by atoms with Crippen molar-refractivity contribution in [3.63, 3.8) is 0 Å². The summed E-state index contributed by atoms with van der Waals surface area (Å²) in [5, 5.41) is 1.91. The first kappa shape index (κ1) is 33.6. The van der Waals surface area contributed by atoms with E-state index in [1.54, 1.807) is 0 Å². The zero-order valence-electron chi connectivity index (χ0n) is 24.0. The van der Waals surface area contributed by atoms with Crippen molar-refractivity contribution in [2.45, 2.75) is 40.5 Å². The number of carbonyl (C=O) groups excluding carboxylic acids is 2. The molecule has 1 aliphatic rings. The highest BCUT2D eigenvalue weighted by atomic mass is 35.5. The third kappa shape index (κ3) is 7.35. The van der Waals surface area contributed by atoms with Gasteiger partial charge < -0.3 is 19.3 Å². The van der Waals surface area contributed by atoms with Gasteiger partial charge in [0.05, 0.1) is 24.3 Å². The predicted octanol–water partition coefficient (Wildman–Crippen LogP) is 7.11. The smallest absolute Gasteiger partial charge is 0.338 e. The third-order valence-electron chi connectivity index (χ3n) is 7.59. The van der Waals surface area contributed by atoms with Gasteiger partial charge in [-0.3, -0.25) is 0 Å². The van der Waals surface area contributed by atoms with Gasteiger partial charge in [0.2, 0.25) is 0 Å². The van der Waals surface area contributed by atoms with Crippen molar-refractivity contribution >= 4 is 47.5 Å². The van der Waals surface area contributed by atoms with E-state index < -0.39 is 0 Å². The number of hydrogen-bond donors (Lipinski definition) is 0. The van der Waals surface area contributed by atoms with Crippen molar-refractivity contribution in [3.05, 3.63) is 59.7 Å². The lowest BCUT2D eigenvalue weighted by molar-refractivity contribution is 0.0481. The van der Waals surface area contributed by atoms with Crippen LogP contribution in [0.4, 0.5) is 0 Å². The summed E-state index contributed by atoms with van der Waals surface area (Å²) < 4.78 is 11.2. The van der Waals surface area contributed by atoms with Gasteiger partial charge in [-0.2, -0.15) is 0 Å². The fourth-order valence-electron chi connectivity index (χ4n) is 5.31. The van der Waals surface area contributed by atoms with Crippen LogP contribution >= 0.6 is 24.8 Å². The molecule has 0 N–H and O–H groups in total. The Morgan fingerprint density at radius 1 is 0.650 bits per heavy atom. The number of benzene rings is 3. The molecular formula is C32H42Cl2N2O4. The molecule has 0 saturated heterocycles. The number of carbonyl (C=O) groups is 2. The van der Waals surface area contributed by atoms with Crippen molar-refractivity contribution in [2.75, 3.05) is 52.5 Å². The van der Waals surface area contributed by atoms with Crippen LogP contribution in [0.3, 0.4) is 0 Å². The fraction of sp³-hybridized carbons (Fsp3) is 0.438. The summed E-state index contributed by atoms with van der Waals surface area (Å²) in [6, 6.07) is 15.6. The highest BCUT2D eigenvalue weighted by molar-refractivity contribution is 6.20. The quantitative estimate of drug-likeness (QED) is 0.115. The van der Waals surface area contributed by atoms with Crippen molar-refractivity contribution < 1.29 is 19.1 Å². The number of rotatable bonds is 14. The average Bonchev–Trinajstić information content (AvgIpc) is 3.27. The summed E-state index contributed by atoms with van der Waals surface area (Å²) in [7, 11) is 0. The summed E-state index contributed by atoms with van der Waals surface area (Å²) >= 11 is 0. The maximum Gasteiger partial charge on any atom is 0.338 e. The van der Waals surface area contributed by atoms with Gasteiger partial charge in [-0.05, 0) is 90.2 Å².